The largest absolute Gasteiger partial charge is 0.383 e. The topological polar surface area (TPSA) is 66.8 Å². The number of ether oxygens (including phenoxy) is 1. The molecule has 1 aromatic heterocycles. The molecule has 2 aromatic rings. The maximum absolute atomic E-state index is 13.5. The van der Waals surface area contributed by atoms with Gasteiger partial charge in [0.05, 0.1) is 13.2 Å². The number of aryl methyl sites for hydroxylation is 1. The molecule has 186 valence electrons. The molecule has 3 rings (SSSR count). The first-order valence-corrected chi connectivity index (χ1v) is 12.3. The van der Waals surface area contributed by atoms with E-state index in [1.165, 1.54) is 0 Å². The van der Waals surface area contributed by atoms with Crippen LogP contribution in [0.3, 0.4) is 0 Å². The van der Waals surface area contributed by atoms with Crippen molar-refractivity contribution >= 4 is 17.6 Å². The molecular weight excluding hydrogens is 428 g/mol. The highest BCUT2D eigenvalue weighted by Gasteiger charge is 2.34. The Hall–Kier alpha value is -2.80. The van der Waals surface area contributed by atoms with Crippen LogP contribution < -0.4 is 5.32 Å². The molecule has 1 aliphatic rings. The van der Waals surface area contributed by atoms with E-state index in [0.717, 1.165) is 35.3 Å². The Bertz CT molecular complexity index is 952. The molecule has 7 nitrogen and oxygen atoms in total. The predicted molar refractivity (Wildman–Crippen MR) is 136 cm³/mol. The zero-order chi connectivity index (χ0) is 24.8. The molecular formula is C27H40N4O3. The lowest BCUT2D eigenvalue weighted by molar-refractivity contribution is -0.133. The van der Waals surface area contributed by atoms with Crippen molar-refractivity contribution in [2.24, 2.45) is 7.05 Å². The molecule has 0 spiro atoms. The molecule has 1 aromatic carbocycles. The lowest BCUT2D eigenvalue weighted by Crippen LogP contribution is -2.46. The molecule has 0 saturated heterocycles. The van der Waals surface area contributed by atoms with Crippen molar-refractivity contribution in [1.29, 1.82) is 0 Å². The Labute approximate surface area is 204 Å². The van der Waals surface area contributed by atoms with Crippen LogP contribution in [0.5, 0.6) is 0 Å². The second kappa shape index (κ2) is 11.6. The smallest absolute Gasteiger partial charge is 0.322 e. The summed E-state index contributed by atoms with van der Waals surface area (Å²) in [5, 5.41) is 3.15. The number of nitrogens with one attached hydrogen (secondary N) is 1. The zero-order valence-electron chi connectivity index (χ0n) is 21.5. The molecule has 34 heavy (non-hydrogen) atoms. The molecule has 1 aliphatic carbocycles. The third-order valence-corrected chi connectivity index (χ3v) is 6.48. The highest BCUT2D eigenvalue weighted by Crippen LogP contribution is 2.33. The Morgan fingerprint density at radius 3 is 2.24 bits per heavy atom. The summed E-state index contributed by atoms with van der Waals surface area (Å²) in [5.41, 5.74) is 4.14. The minimum atomic E-state index is -0.269. The van der Waals surface area contributed by atoms with Gasteiger partial charge >= 0.3 is 6.03 Å². The van der Waals surface area contributed by atoms with Gasteiger partial charge in [0.2, 0.25) is 5.91 Å². The van der Waals surface area contributed by atoms with Crippen molar-refractivity contribution in [2.45, 2.75) is 65.0 Å². The van der Waals surface area contributed by atoms with Crippen LogP contribution in [0.1, 0.15) is 69.2 Å². The monoisotopic (exact) mass is 468 g/mol. The lowest BCUT2D eigenvalue weighted by Gasteiger charge is -2.29. The van der Waals surface area contributed by atoms with E-state index in [1.54, 1.807) is 12.0 Å². The maximum Gasteiger partial charge on any atom is 0.322 e. The minimum Gasteiger partial charge on any atom is -0.383 e. The summed E-state index contributed by atoms with van der Waals surface area (Å²) < 4.78 is 7.29. The van der Waals surface area contributed by atoms with Crippen molar-refractivity contribution in [3.8, 4) is 0 Å². The maximum atomic E-state index is 13.5. The Morgan fingerprint density at radius 2 is 1.74 bits per heavy atom. The quantitative estimate of drug-likeness (QED) is 0.508. The molecule has 0 bridgehead atoms. The average molecular weight is 469 g/mol. The average Bonchev–Trinajstić information content (AvgIpc) is 3.55. The third-order valence-electron chi connectivity index (χ3n) is 6.48. The van der Waals surface area contributed by atoms with Gasteiger partial charge in [-0.3, -0.25) is 4.79 Å². The normalized spacial score (nSPS) is 13.4. The minimum absolute atomic E-state index is 0.0248. The Balaban J connectivity index is 1.79. The van der Waals surface area contributed by atoms with E-state index in [0.29, 0.717) is 19.7 Å². The highest BCUT2D eigenvalue weighted by atomic mass is 16.5. The summed E-state index contributed by atoms with van der Waals surface area (Å²) in [5.74, 6) is 0.494. The number of rotatable bonds is 11. The number of anilines is 1. The van der Waals surface area contributed by atoms with E-state index in [9.17, 15) is 9.59 Å². The van der Waals surface area contributed by atoms with E-state index >= 15 is 0 Å². The number of urea groups is 1. The van der Waals surface area contributed by atoms with Gasteiger partial charge in [-0.25, -0.2) is 4.79 Å². The molecule has 1 fully saturated rings. The molecule has 0 radical (unpaired) electrons. The van der Waals surface area contributed by atoms with E-state index in [4.69, 9.17) is 4.74 Å². The number of carbonyl (C=O) groups excluding carboxylic acids is 2. The summed E-state index contributed by atoms with van der Waals surface area (Å²) >= 11 is 0. The molecule has 1 heterocycles. The third kappa shape index (κ3) is 6.41. The van der Waals surface area contributed by atoms with E-state index in [-0.39, 0.29) is 36.4 Å². The second-order valence-corrected chi connectivity index (χ2v) is 9.83. The molecule has 0 atom stereocenters. The van der Waals surface area contributed by atoms with Crippen molar-refractivity contribution in [1.82, 2.24) is 14.4 Å². The number of amides is 3. The number of nitrogens with zero attached hydrogens (tertiary/aromatic N) is 3. The van der Waals surface area contributed by atoms with Crippen molar-refractivity contribution in [2.75, 3.05) is 32.1 Å². The van der Waals surface area contributed by atoms with E-state index in [2.05, 4.69) is 45.1 Å². The van der Waals surface area contributed by atoms with Crippen LogP contribution in [0.2, 0.25) is 0 Å². The van der Waals surface area contributed by atoms with E-state index < -0.39 is 0 Å². The van der Waals surface area contributed by atoms with Crippen LogP contribution in [0.25, 0.3) is 0 Å². The van der Waals surface area contributed by atoms with Gasteiger partial charge in [-0.2, -0.15) is 0 Å². The van der Waals surface area contributed by atoms with Gasteiger partial charge in [0, 0.05) is 44.3 Å². The van der Waals surface area contributed by atoms with Crippen LogP contribution in [-0.4, -0.2) is 59.2 Å². The van der Waals surface area contributed by atoms with Crippen LogP contribution in [-0.2, 0) is 23.1 Å². The van der Waals surface area contributed by atoms with Crippen LogP contribution >= 0.6 is 0 Å². The summed E-state index contributed by atoms with van der Waals surface area (Å²) in [6.45, 7) is 9.79. The number of para-hydroxylation sites is 1. The van der Waals surface area contributed by atoms with E-state index in [1.807, 2.05) is 40.9 Å². The fourth-order valence-corrected chi connectivity index (χ4v) is 4.23. The molecule has 0 aliphatic heterocycles. The van der Waals surface area contributed by atoms with Gasteiger partial charge in [0.15, 0.2) is 0 Å². The van der Waals surface area contributed by atoms with Crippen molar-refractivity contribution < 1.29 is 14.3 Å². The molecule has 3 amide bonds. The first-order chi connectivity index (χ1) is 16.2. The number of hydrogen-bond donors (Lipinski definition) is 1. The van der Waals surface area contributed by atoms with Gasteiger partial charge in [0.25, 0.3) is 0 Å². The fraction of sp³-hybridized carbons (Fsp3) is 0.556. The molecule has 1 N–H and O–H groups in total. The summed E-state index contributed by atoms with van der Waals surface area (Å²) in [6.07, 6.45) is 4.02. The van der Waals surface area contributed by atoms with Crippen molar-refractivity contribution in [3.63, 3.8) is 0 Å². The Morgan fingerprint density at radius 1 is 1.09 bits per heavy atom. The summed E-state index contributed by atoms with van der Waals surface area (Å²) in [4.78, 5) is 30.4. The first kappa shape index (κ1) is 25.8. The number of benzene rings is 1. The Kier molecular flexibility index (Phi) is 8.78. The first-order valence-electron chi connectivity index (χ1n) is 12.3. The number of aromatic nitrogens is 1. The number of methoxy groups -OCH3 is 1. The van der Waals surface area contributed by atoms with Crippen LogP contribution in [0.4, 0.5) is 10.5 Å². The van der Waals surface area contributed by atoms with Gasteiger partial charge < -0.3 is 24.4 Å². The van der Waals surface area contributed by atoms with Crippen molar-refractivity contribution in [3.05, 3.63) is 53.3 Å². The lowest BCUT2D eigenvalue weighted by atomic mass is 9.93. The summed E-state index contributed by atoms with van der Waals surface area (Å²) in [7, 11) is 3.59. The number of carbonyl (C=O) groups is 2. The zero-order valence-corrected chi connectivity index (χ0v) is 21.5. The van der Waals surface area contributed by atoms with Gasteiger partial charge in [0.1, 0.15) is 6.54 Å². The molecule has 0 unspecified atom stereocenters. The second-order valence-electron chi connectivity index (χ2n) is 9.83. The molecule has 1 saturated carbocycles. The SMILES string of the molecule is COCCN(CC(=O)N(Cc1cccn1C)C1CC1)C(=O)Nc1c(C(C)C)cccc1C(C)C. The van der Waals surface area contributed by atoms with Gasteiger partial charge in [-0.1, -0.05) is 45.9 Å². The number of hydrogen-bond acceptors (Lipinski definition) is 3. The van der Waals surface area contributed by atoms with Crippen LogP contribution in [0.15, 0.2) is 36.5 Å². The predicted octanol–water partition coefficient (Wildman–Crippen LogP) is 4.94. The van der Waals surface area contributed by atoms with Crippen LogP contribution in [0, 0.1) is 0 Å². The van der Waals surface area contributed by atoms with Gasteiger partial charge in [-0.05, 0) is 47.9 Å². The van der Waals surface area contributed by atoms with Gasteiger partial charge in [-0.15, -0.1) is 0 Å². The summed E-state index contributed by atoms with van der Waals surface area (Å²) in [6, 6.07) is 10.2. The standard InChI is InChI=1S/C27H40N4O3/c1-19(2)23-10-7-11-24(20(3)4)26(23)28-27(33)30(15-16-34-6)18-25(32)31(21-12-13-21)17-22-9-8-14-29(22)5/h7-11,14,19-21H,12-13,15-18H2,1-6H3,(H,28,33). The fourth-order valence-electron chi connectivity index (χ4n) is 4.23. The molecule has 7 heteroatoms. The highest BCUT2D eigenvalue weighted by molar-refractivity contribution is 5.94.